The van der Waals surface area contributed by atoms with Crippen molar-refractivity contribution in [2.75, 3.05) is 26.3 Å². The highest BCUT2D eigenvalue weighted by atomic mass is 16.6. The molecule has 1 rings (SSSR count). The lowest BCUT2D eigenvalue weighted by Crippen LogP contribution is -2.52. The Kier molecular flexibility index (Phi) is 5.60. The summed E-state index contributed by atoms with van der Waals surface area (Å²) in [6.07, 6.45) is -0.0175. The van der Waals surface area contributed by atoms with Crippen molar-refractivity contribution in [3.8, 4) is 0 Å². The van der Waals surface area contributed by atoms with E-state index in [9.17, 15) is 9.59 Å². The van der Waals surface area contributed by atoms with E-state index in [1.165, 1.54) is 0 Å². The van der Waals surface area contributed by atoms with Crippen LogP contribution < -0.4 is 5.32 Å². The Hall–Kier alpha value is -1.30. The molecule has 0 aromatic rings. The zero-order chi connectivity index (χ0) is 14.5. The van der Waals surface area contributed by atoms with Crippen molar-refractivity contribution in [1.82, 2.24) is 10.2 Å². The Labute approximate surface area is 114 Å². The van der Waals surface area contributed by atoms with Crippen LogP contribution in [0.4, 0.5) is 4.79 Å². The van der Waals surface area contributed by atoms with Crippen LogP contribution in [0.2, 0.25) is 0 Å². The quantitative estimate of drug-likeness (QED) is 0.837. The normalized spacial score (nSPS) is 17.8. The zero-order valence-corrected chi connectivity index (χ0v) is 12.2. The molecule has 0 bridgehead atoms. The average Bonchev–Trinajstić information content (AvgIpc) is 2.34. The summed E-state index contributed by atoms with van der Waals surface area (Å²) in [5, 5.41) is 2.63. The van der Waals surface area contributed by atoms with Crippen molar-refractivity contribution >= 4 is 12.0 Å². The number of hydrogen-bond donors (Lipinski definition) is 1. The number of carbonyl (C=O) groups excluding carboxylic acids is 2. The summed E-state index contributed by atoms with van der Waals surface area (Å²) in [6.45, 7) is 9.48. The zero-order valence-electron chi connectivity index (χ0n) is 12.2. The van der Waals surface area contributed by atoms with E-state index >= 15 is 0 Å². The predicted octanol–water partition coefficient (Wildman–Crippen LogP) is 1.15. The van der Waals surface area contributed by atoms with Crippen LogP contribution in [0.5, 0.6) is 0 Å². The summed E-state index contributed by atoms with van der Waals surface area (Å²) >= 11 is 0. The second-order valence-electron chi connectivity index (χ2n) is 5.54. The third-order valence-corrected chi connectivity index (χ3v) is 2.72. The molecule has 0 radical (unpaired) electrons. The fourth-order valence-electron chi connectivity index (χ4n) is 1.79. The minimum absolute atomic E-state index is 0.0725. The fraction of sp³-hybridized carbons (Fsp3) is 0.846. The van der Waals surface area contributed by atoms with E-state index in [1.54, 1.807) is 25.7 Å². The molecule has 19 heavy (non-hydrogen) atoms. The van der Waals surface area contributed by atoms with E-state index in [0.717, 1.165) is 0 Å². The Bertz CT molecular complexity index is 319. The Morgan fingerprint density at radius 1 is 1.32 bits per heavy atom. The van der Waals surface area contributed by atoms with Crippen molar-refractivity contribution in [3.63, 3.8) is 0 Å². The molecule has 1 fully saturated rings. The maximum Gasteiger partial charge on any atom is 0.408 e. The lowest BCUT2D eigenvalue weighted by Gasteiger charge is -2.30. The molecule has 2 amide bonds. The third-order valence-electron chi connectivity index (χ3n) is 2.72. The fourth-order valence-corrected chi connectivity index (χ4v) is 1.79. The van der Waals surface area contributed by atoms with Crippen molar-refractivity contribution in [2.45, 2.75) is 45.8 Å². The van der Waals surface area contributed by atoms with Gasteiger partial charge in [-0.25, -0.2) is 4.79 Å². The molecule has 0 aromatic heterocycles. The summed E-state index contributed by atoms with van der Waals surface area (Å²) < 4.78 is 10.4. The first-order valence-electron chi connectivity index (χ1n) is 6.69. The highest BCUT2D eigenvalue weighted by Gasteiger charge is 2.27. The molecule has 0 saturated carbocycles. The van der Waals surface area contributed by atoms with E-state index < -0.39 is 17.7 Å². The van der Waals surface area contributed by atoms with Crippen molar-refractivity contribution in [1.29, 1.82) is 0 Å². The van der Waals surface area contributed by atoms with Gasteiger partial charge in [-0.05, 0) is 27.2 Å². The van der Waals surface area contributed by atoms with Gasteiger partial charge in [-0.3, -0.25) is 4.79 Å². The maximum absolute atomic E-state index is 12.2. The van der Waals surface area contributed by atoms with E-state index in [-0.39, 0.29) is 5.91 Å². The van der Waals surface area contributed by atoms with Crippen molar-refractivity contribution in [3.05, 3.63) is 0 Å². The van der Waals surface area contributed by atoms with Crippen molar-refractivity contribution in [2.24, 2.45) is 0 Å². The van der Waals surface area contributed by atoms with Gasteiger partial charge in [0.05, 0.1) is 13.2 Å². The number of nitrogens with one attached hydrogen (secondary N) is 1. The molecule has 1 saturated heterocycles. The van der Waals surface area contributed by atoms with E-state index in [2.05, 4.69) is 5.32 Å². The second-order valence-corrected chi connectivity index (χ2v) is 5.54. The van der Waals surface area contributed by atoms with Crippen LogP contribution in [0.3, 0.4) is 0 Å². The van der Waals surface area contributed by atoms with E-state index in [1.807, 2.05) is 6.92 Å². The molecule has 1 unspecified atom stereocenters. The van der Waals surface area contributed by atoms with Gasteiger partial charge in [0, 0.05) is 13.1 Å². The predicted molar refractivity (Wildman–Crippen MR) is 70.8 cm³/mol. The third kappa shape index (κ3) is 5.46. The first-order valence-corrected chi connectivity index (χ1v) is 6.69. The van der Waals surface area contributed by atoms with Gasteiger partial charge in [-0.1, -0.05) is 6.92 Å². The number of ether oxygens (including phenoxy) is 2. The van der Waals surface area contributed by atoms with Gasteiger partial charge in [0.25, 0.3) is 0 Å². The molecule has 0 spiro atoms. The molecular weight excluding hydrogens is 248 g/mol. The highest BCUT2D eigenvalue weighted by Crippen LogP contribution is 2.08. The van der Waals surface area contributed by atoms with Crippen LogP contribution >= 0.6 is 0 Å². The summed E-state index contributed by atoms with van der Waals surface area (Å²) in [7, 11) is 0. The largest absolute Gasteiger partial charge is 0.444 e. The Morgan fingerprint density at radius 3 is 2.37 bits per heavy atom. The average molecular weight is 272 g/mol. The molecule has 0 aliphatic carbocycles. The number of carbonyl (C=O) groups is 2. The number of hydrogen-bond acceptors (Lipinski definition) is 4. The smallest absolute Gasteiger partial charge is 0.408 e. The van der Waals surface area contributed by atoms with Crippen LogP contribution in [0.1, 0.15) is 34.1 Å². The SMILES string of the molecule is CCC(NC(=O)OC(C)(C)C)C(=O)N1CCOCC1. The summed E-state index contributed by atoms with van der Waals surface area (Å²) in [6, 6.07) is -0.534. The standard InChI is InChI=1S/C13H24N2O4/c1-5-10(14-12(17)19-13(2,3)4)11(16)15-6-8-18-9-7-15/h10H,5-9H2,1-4H3,(H,14,17). The number of nitrogens with zero attached hydrogens (tertiary/aromatic N) is 1. The molecule has 1 N–H and O–H groups in total. The molecule has 6 heteroatoms. The summed E-state index contributed by atoms with van der Waals surface area (Å²) in [5.41, 5.74) is -0.565. The lowest BCUT2D eigenvalue weighted by molar-refractivity contribution is -0.137. The van der Waals surface area contributed by atoms with Gasteiger partial charge >= 0.3 is 6.09 Å². The highest BCUT2D eigenvalue weighted by molar-refractivity contribution is 5.85. The first-order chi connectivity index (χ1) is 8.83. The molecule has 110 valence electrons. The van der Waals surface area contributed by atoms with Crippen LogP contribution in [0, 0.1) is 0 Å². The molecule has 1 heterocycles. The van der Waals surface area contributed by atoms with Gasteiger partial charge in [0.15, 0.2) is 0 Å². The van der Waals surface area contributed by atoms with Crippen LogP contribution in [0.25, 0.3) is 0 Å². The molecule has 6 nitrogen and oxygen atoms in total. The molecule has 1 aliphatic heterocycles. The maximum atomic E-state index is 12.2. The molecule has 1 aliphatic rings. The van der Waals surface area contributed by atoms with Gasteiger partial charge in [0.1, 0.15) is 11.6 Å². The number of morpholine rings is 1. The summed E-state index contributed by atoms with van der Waals surface area (Å²) in [4.78, 5) is 25.6. The number of rotatable bonds is 3. The van der Waals surface area contributed by atoms with Gasteiger partial charge in [-0.2, -0.15) is 0 Å². The molecule has 1 atom stereocenters. The molecular formula is C13H24N2O4. The first kappa shape index (κ1) is 15.8. The van der Waals surface area contributed by atoms with Crippen LogP contribution in [0.15, 0.2) is 0 Å². The topological polar surface area (TPSA) is 67.9 Å². The van der Waals surface area contributed by atoms with Gasteiger partial charge in [-0.15, -0.1) is 0 Å². The van der Waals surface area contributed by atoms with E-state index in [4.69, 9.17) is 9.47 Å². The minimum atomic E-state index is -0.565. The van der Waals surface area contributed by atoms with Gasteiger partial charge < -0.3 is 19.7 Å². The second kappa shape index (κ2) is 6.75. The minimum Gasteiger partial charge on any atom is -0.444 e. The Morgan fingerprint density at radius 2 is 1.89 bits per heavy atom. The Balaban J connectivity index is 2.52. The molecule has 0 aromatic carbocycles. The lowest BCUT2D eigenvalue weighted by atomic mass is 10.2. The van der Waals surface area contributed by atoms with Crippen LogP contribution in [-0.4, -0.2) is 54.8 Å². The number of amides is 2. The van der Waals surface area contributed by atoms with Gasteiger partial charge in [0.2, 0.25) is 5.91 Å². The van der Waals surface area contributed by atoms with Crippen molar-refractivity contribution < 1.29 is 19.1 Å². The van der Waals surface area contributed by atoms with E-state index in [0.29, 0.717) is 32.7 Å². The monoisotopic (exact) mass is 272 g/mol. The number of alkyl carbamates (subject to hydrolysis) is 1. The summed E-state index contributed by atoms with van der Waals surface area (Å²) in [5.74, 6) is -0.0725. The van der Waals surface area contributed by atoms with Crippen LogP contribution in [-0.2, 0) is 14.3 Å².